The van der Waals surface area contributed by atoms with Gasteiger partial charge in [-0.15, -0.1) is 0 Å². The van der Waals surface area contributed by atoms with Gasteiger partial charge in [-0.3, -0.25) is 9.69 Å². The van der Waals surface area contributed by atoms with E-state index < -0.39 is 24.2 Å². The number of nitrogens with zero attached hydrogens (tertiary/aromatic N) is 1. The first kappa shape index (κ1) is 25.0. The van der Waals surface area contributed by atoms with E-state index in [9.17, 15) is 19.5 Å². The highest BCUT2D eigenvalue weighted by Gasteiger charge is 2.37. The molecule has 1 heterocycles. The largest absolute Gasteiger partial charge is 0.490 e. The molecule has 0 spiro atoms. The molecule has 1 aliphatic rings. The molecule has 9 nitrogen and oxygen atoms in total. The van der Waals surface area contributed by atoms with Crippen molar-refractivity contribution in [1.82, 2.24) is 4.90 Å². The molecular formula is C25H29NO8. The van der Waals surface area contributed by atoms with Gasteiger partial charge in [0.1, 0.15) is 23.7 Å². The van der Waals surface area contributed by atoms with E-state index in [1.54, 1.807) is 26.0 Å². The van der Waals surface area contributed by atoms with Crippen molar-refractivity contribution >= 4 is 18.3 Å². The molecule has 9 heteroatoms. The molecule has 1 aliphatic heterocycles. The van der Waals surface area contributed by atoms with Gasteiger partial charge in [0, 0.05) is 0 Å². The highest BCUT2D eigenvalue weighted by molar-refractivity contribution is 5.96. The van der Waals surface area contributed by atoms with Crippen LogP contribution < -0.4 is 9.47 Å². The van der Waals surface area contributed by atoms with Gasteiger partial charge < -0.3 is 24.1 Å². The van der Waals surface area contributed by atoms with E-state index in [-0.39, 0.29) is 36.3 Å². The van der Waals surface area contributed by atoms with Crippen molar-refractivity contribution in [2.45, 2.75) is 45.1 Å². The van der Waals surface area contributed by atoms with Crippen LogP contribution in [-0.2, 0) is 20.9 Å². The number of aldehydes is 1. The summed E-state index contributed by atoms with van der Waals surface area (Å²) in [6, 6.07) is 12.4. The third-order valence-electron chi connectivity index (χ3n) is 5.49. The molecule has 1 saturated heterocycles. The van der Waals surface area contributed by atoms with Crippen LogP contribution in [0.4, 0.5) is 4.79 Å². The van der Waals surface area contributed by atoms with Crippen LogP contribution >= 0.6 is 0 Å². The Labute approximate surface area is 198 Å². The predicted octanol–water partition coefficient (Wildman–Crippen LogP) is 3.46. The Hall–Kier alpha value is -3.59. The Morgan fingerprint density at radius 3 is 2.56 bits per heavy atom. The SMILES string of the molecule is COC(=O)c1c(OC[C@H]2C[C@H](OCc3ccccc3)CN2C(=O)O)cc(C)cc1OC(C)C=O. The summed E-state index contributed by atoms with van der Waals surface area (Å²) in [5.74, 6) is -0.334. The second kappa shape index (κ2) is 11.5. The molecule has 1 amide bonds. The highest BCUT2D eigenvalue weighted by atomic mass is 16.5. The molecule has 2 aromatic rings. The topological polar surface area (TPSA) is 112 Å². The maximum absolute atomic E-state index is 12.5. The Morgan fingerprint density at radius 2 is 1.91 bits per heavy atom. The lowest BCUT2D eigenvalue weighted by molar-refractivity contribution is -0.113. The quantitative estimate of drug-likeness (QED) is 0.414. The number of carboxylic acid groups (broad SMARTS) is 1. The van der Waals surface area contributed by atoms with Crippen LogP contribution in [0, 0.1) is 6.92 Å². The van der Waals surface area contributed by atoms with Crippen molar-refractivity contribution in [3.63, 3.8) is 0 Å². The molecule has 2 aromatic carbocycles. The Morgan fingerprint density at radius 1 is 1.21 bits per heavy atom. The summed E-state index contributed by atoms with van der Waals surface area (Å²) in [4.78, 5) is 36.6. The molecule has 1 fully saturated rings. The zero-order valence-corrected chi connectivity index (χ0v) is 19.4. The molecule has 0 bridgehead atoms. The summed E-state index contributed by atoms with van der Waals surface area (Å²) in [7, 11) is 1.23. The van der Waals surface area contributed by atoms with E-state index in [0.717, 1.165) is 11.1 Å². The lowest BCUT2D eigenvalue weighted by Gasteiger charge is -2.23. The second-order valence-corrected chi connectivity index (χ2v) is 8.14. The number of carbonyl (C=O) groups is 3. The summed E-state index contributed by atoms with van der Waals surface area (Å²) in [5.41, 5.74) is 1.78. The molecule has 1 unspecified atom stereocenters. The Balaban J connectivity index is 1.74. The van der Waals surface area contributed by atoms with Crippen LogP contribution in [0.25, 0.3) is 0 Å². The average molecular weight is 472 g/mol. The van der Waals surface area contributed by atoms with Crippen LogP contribution in [0.15, 0.2) is 42.5 Å². The zero-order chi connectivity index (χ0) is 24.7. The number of hydrogen-bond donors (Lipinski definition) is 1. The lowest BCUT2D eigenvalue weighted by Crippen LogP contribution is -2.38. The summed E-state index contributed by atoms with van der Waals surface area (Å²) in [6.07, 6.45) is -1.07. The standard InChI is InChI=1S/C25H29NO8/c1-16-9-21(23(24(28)31-3)22(10-16)34-17(2)13-27)33-15-19-11-20(12-26(19)25(29)30)32-14-18-7-5-4-6-8-18/h4-10,13,17,19-20H,11-12,14-15H2,1-3H3,(H,29,30)/t17?,19-,20+/m1/s1. The van der Waals surface area contributed by atoms with Crippen molar-refractivity contribution in [3.8, 4) is 11.5 Å². The highest BCUT2D eigenvalue weighted by Crippen LogP contribution is 2.33. The van der Waals surface area contributed by atoms with Crippen molar-refractivity contribution in [2.24, 2.45) is 0 Å². The van der Waals surface area contributed by atoms with Crippen LogP contribution in [0.3, 0.4) is 0 Å². The fourth-order valence-corrected chi connectivity index (χ4v) is 3.82. The molecule has 3 rings (SSSR count). The molecule has 182 valence electrons. The number of benzene rings is 2. The van der Waals surface area contributed by atoms with Gasteiger partial charge in [-0.2, -0.15) is 0 Å². The molecular weight excluding hydrogens is 442 g/mol. The smallest absolute Gasteiger partial charge is 0.407 e. The Kier molecular flexibility index (Phi) is 8.48. The van der Waals surface area contributed by atoms with Crippen LogP contribution in [0.5, 0.6) is 11.5 Å². The summed E-state index contributed by atoms with van der Waals surface area (Å²) in [5, 5.41) is 9.67. The number of methoxy groups -OCH3 is 1. The molecule has 1 N–H and O–H groups in total. The van der Waals surface area contributed by atoms with E-state index in [2.05, 4.69) is 0 Å². The van der Waals surface area contributed by atoms with Gasteiger partial charge in [-0.1, -0.05) is 30.3 Å². The fourth-order valence-electron chi connectivity index (χ4n) is 3.82. The first-order valence-electron chi connectivity index (χ1n) is 10.9. The first-order valence-corrected chi connectivity index (χ1v) is 10.9. The lowest BCUT2D eigenvalue weighted by atomic mass is 10.1. The molecule has 3 atom stereocenters. The number of amides is 1. The molecule has 0 saturated carbocycles. The number of likely N-dealkylation sites (tertiary alicyclic amines) is 1. The van der Waals surface area contributed by atoms with Crippen molar-refractivity contribution < 1.29 is 38.4 Å². The van der Waals surface area contributed by atoms with E-state index in [1.807, 2.05) is 30.3 Å². The number of rotatable bonds is 10. The van der Waals surface area contributed by atoms with E-state index in [1.165, 1.54) is 12.0 Å². The van der Waals surface area contributed by atoms with Crippen LogP contribution in [-0.4, -0.2) is 66.9 Å². The van der Waals surface area contributed by atoms with Crippen molar-refractivity contribution in [1.29, 1.82) is 0 Å². The molecule has 0 aliphatic carbocycles. The third-order valence-corrected chi connectivity index (χ3v) is 5.49. The van der Waals surface area contributed by atoms with Gasteiger partial charge in [0.15, 0.2) is 12.4 Å². The Bertz CT molecular complexity index is 1010. The van der Waals surface area contributed by atoms with Crippen molar-refractivity contribution in [2.75, 3.05) is 20.3 Å². The van der Waals surface area contributed by atoms with Gasteiger partial charge in [-0.05, 0) is 43.5 Å². The minimum absolute atomic E-state index is 0.00756. The second-order valence-electron chi connectivity index (χ2n) is 8.14. The number of ether oxygens (including phenoxy) is 4. The molecule has 0 aromatic heterocycles. The summed E-state index contributed by atoms with van der Waals surface area (Å²) in [6.45, 7) is 3.95. The van der Waals surface area contributed by atoms with Gasteiger partial charge in [0.05, 0.1) is 32.4 Å². The van der Waals surface area contributed by atoms with E-state index in [4.69, 9.17) is 18.9 Å². The van der Waals surface area contributed by atoms with Gasteiger partial charge in [0.25, 0.3) is 0 Å². The first-order chi connectivity index (χ1) is 16.3. The van der Waals surface area contributed by atoms with Crippen LogP contribution in [0.1, 0.15) is 34.8 Å². The molecule has 34 heavy (non-hydrogen) atoms. The van der Waals surface area contributed by atoms with E-state index >= 15 is 0 Å². The molecule has 0 radical (unpaired) electrons. The number of aryl methyl sites for hydroxylation is 1. The normalized spacial score (nSPS) is 18.3. The van der Waals surface area contributed by atoms with Gasteiger partial charge in [0.2, 0.25) is 0 Å². The van der Waals surface area contributed by atoms with Gasteiger partial charge in [-0.25, -0.2) is 9.59 Å². The monoisotopic (exact) mass is 471 g/mol. The van der Waals surface area contributed by atoms with Crippen molar-refractivity contribution in [3.05, 3.63) is 59.2 Å². The number of esters is 1. The minimum Gasteiger partial charge on any atom is -0.490 e. The minimum atomic E-state index is -1.07. The number of carbonyl (C=O) groups excluding carboxylic acids is 2. The average Bonchev–Trinajstić information content (AvgIpc) is 3.25. The van der Waals surface area contributed by atoms with E-state index in [0.29, 0.717) is 19.3 Å². The maximum atomic E-state index is 12.5. The predicted molar refractivity (Wildman–Crippen MR) is 122 cm³/mol. The van der Waals surface area contributed by atoms with Crippen LogP contribution in [0.2, 0.25) is 0 Å². The zero-order valence-electron chi connectivity index (χ0n) is 19.4. The number of hydrogen-bond acceptors (Lipinski definition) is 7. The maximum Gasteiger partial charge on any atom is 0.407 e. The third kappa shape index (κ3) is 6.26. The summed E-state index contributed by atoms with van der Waals surface area (Å²) >= 11 is 0. The summed E-state index contributed by atoms with van der Waals surface area (Å²) < 4.78 is 22.4. The fraction of sp³-hybridized carbons (Fsp3) is 0.400. The van der Waals surface area contributed by atoms with Gasteiger partial charge >= 0.3 is 12.1 Å².